The van der Waals surface area contributed by atoms with Crippen molar-refractivity contribution in [3.05, 3.63) is 0 Å². The normalized spacial score (nSPS) is 11.4. The van der Waals surface area contributed by atoms with Gasteiger partial charge in [0.25, 0.3) is 0 Å². The van der Waals surface area contributed by atoms with Gasteiger partial charge in [-0.05, 0) is 27.7 Å². The predicted octanol–water partition coefficient (Wildman–Crippen LogP) is 1.04. The predicted molar refractivity (Wildman–Crippen MR) is 46.9 cm³/mol. The third-order valence-electron chi connectivity index (χ3n) is 1.66. The van der Waals surface area contributed by atoms with E-state index >= 15 is 0 Å². The minimum Gasteiger partial charge on any atom is -0.324 e. The Labute approximate surface area is 84.4 Å². The van der Waals surface area contributed by atoms with Crippen molar-refractivity contribution in [3.8, 4) is 0 Å². The standard InChI is InChI=1S/C6H16N2.BrH.Fe/c1-5(2,7)6(3,4)8;;/h7-8H2,1-4H3;1H;. The van der Waals surface area contributed by atoms with Crippen LogP contribution in [0.15, 0.2) is 0 Å². The maximum atomic E-state index is 5.69. The zero-order valence-electron chi connectivity index (χ0n) is 6.92. The molecule has 0 atom stereocenters. The summed E-state index contributed by atoms with van der Waals surface area (Å²) in [5.74, 6) is 0. The van der Waals surface area contributed by atoms with Crippen molar-refractivity contribution in [3.63, 3.8) is 0 Å². The third kappa shape index (κ3) is 5.69. The van der Waals surface area contributed by atoms with Gasteiger partial charge in [0.05, 0.1) is 0 Å². The summed E-state index contributed by atoms with van der Waals surface area (Å²) in [4.78, 5) is 0. The van der Waals surface area contributed by atoms with Crippen LogP contribution in [-0.2, 0) is 17.1 Å². The van der Waals surface area contributed by atoms with Gasteiger partial charge in [-0.15, -0.1) is 17.0 Å². The molecule has 0 bridgehead atoms. The van der Waals surface area contributed by atoms with Crippen LogP contribution in [0, 0.1) is 0 Å². The smallest absolute Gasteiger partial charge is 0.0274 e. The molecule has 0 aliphatic heterocycles. The maximum absolute atomic E-state index is 5.69. The molecule has 0 heterocycles. The van der Waals surface area contributed by atoms with Crippen LogP contribution in [0.4, 0.5) is 0 Å². The molecule has 0 radical (unpaired) electrons. The average molecular weight is 253 g/mol. The summed E-state index contributed by atoms with van der Waals surface area (Å²) in [6.45, 7) is 7.69. The van der Waals surface area contributed by atoms with E-state index in [-0.39, 0.29) is 45.1 Å². The first kappa shape index (κ1) is 17.1. The van der Waals surface area contributed by atoms with Gasteiger partial charge in [0.15, 0.2) is 0 Å². The van der Waals surface area contributed by atoms with Crippen LogP contribution in [0.5, 0.6) is 0 Å². The number of nitrogens with two attached hydrogens (primary N) is 2. The summed E-state index contributed by atoms with van der Waals surface area (Å²) in [5, 5.41) is 0. The first-order chi connectivity index (χ1) is 3.25. The van der Waals surface area contributed by atoms with E-state index in [0.717, 1.165) is 0 Å². The van der Waals surface area contributed by atoms with E-state index in [9.17, 15) is 0 Å². The molecule has 0 amide bonds. The van der Waals surface area contributed by atoms with Gasteiger partial charge in [-0.1, -0.05) is 0 Å². The Morgan fingerprint density at radius 2 is 0.900 bits per heavy atom. The molecule has 0 fully saturated rings. The van der Waals surface area contributed by atoms with Crippen LogP contribution in [0.2, 0.25) is 0 Å². The SMILES string of the molecule is Br.CC(C)(N)C(C)(C)N.[Fe]. The molecule has 0 saturated carbocycles. The van der Waals surface area contributed by atoms with E-state index in [1.807, 2.05) is 27.7 Å². The fraction of sp³-hybridized carbons (Fsp3) is 1.00. The van der Waals surface area contributed by atoms with Gasteiger partial charge >= 0.3 is 0 Å². The molecule has 0 aromatic heterocycles. The van der Waals surface area contributed by atoms with Gasteiger partial charge in [0.2, 0.25) is 0 Å². The summed E-state index contributed by atoms with van der Waals surface area (Å²) in [6, 6.07) is 0. The molecular weight excluding hydrogens is 236 g/mol. The Hall–Kier alpha value is 0.919. The summed E-state index contributed by atoms with van der Waals surface area (Å²) in [5.41, 5.74) is 10.8. The number of rotatable bonds is 1. The summed E-state index contributed by atoms with van der Waals surface area (Å²) in [6.07, 6.45) is 0. The Bertz CT molecular complexity index is 70.7. The van der Waals surface area contributed by atoms with Gasteiger partial charge in [0.1, 0.15) is 0 Å². The molecule has 0 rings (SSSR count). The van der Waals surface area contributed by atoms with Crippen molar-refractivity contribution in [1.82, 2.24) is 0 Å². The van der Waals surface area contributed by atoms with E-state index in [1.54, 1.807) is 0 Å². The number of hydrogen-bond donors (Lipinski definition) is 2. The Kier molecular flexibility index (Phi) is 8.10. The molecule has 10 heavy (non-hydrogen) atoms. The summed E-state index contributed by atoms with van der Waals surface area (Å²) < 4.78 is 0. The van der Waals surface area contributed by atoms with Gasteiger partial charge < -0.3 is 11.5 Å². The average Bonchev–Trinajstić information content (AvgIpc) is 1.25. The topological polar surface area (TPSA) is 52.0 Å². The summed E-state index contributed by atoms with van der Waals surface area (Å²) >= 11 is 0. The first-order valence-corrected chi connectivity index (χ1v) is 2.83. The maximum Gasteiger partial charge on any atom is 0.0274 e. The van der Waals surface area contributed by atoms with Gasteiger partial charge in [-0.25, -0.2) is 0 Å². The van der Waals surface area contributed by atoms with Crippen LogP contribution in [0.1, 0.15) is 27.7 Å². The molecule has 0 unspecified atom stereocenters. The Morgan fingerprint density at radius 3 is 0.900 bits per heavy atom. The minimum absolute atomic E-state index is 0. The molecule has 0 spiro atoms. The second kappa shape index (κ2) is 4.73. The molecule has 2 nitrogen and oxygen atoms in total. The minimum atomic E-state index is -0.285. The van der Waals surface area contributed by atoms with Crippen molar-refractivity contribution in [2.45, 2.75) is 38.8 Å². The van der Waals surface area contributed by atoms with Crippen molar-refractivity contribution >= 4 is 17.0 Å². The quantitative estimate of drug-likeness (QED) is 0.686. The molecule has 0 aliphatic carbocycles. The number of hydrogen-bond acceptors (Lipinski definition) is 2. The van der Waals surface area contributed by atoms with Crippen LogP contribution in [-0.4, -0.2) is 11.1 Å². The fourth-order valence-corrected chi connectivity index (χ4v) is 0. The van der Waals surface area contributed by atoms with E-state index in [1.165, 1.54) is 0 Å². The second-order valence-corrected chi connectivity index (χ2v) is 3.44. The monoisotopic (exact) mass is 252 g/mol. The van der Waals surface area contributed by atoms with Gasteiger partial charge in [-0.3, -0.25) is 0 Å². The Morgan fingerprint density at radius 1 is 0.800 bits per heavy atom. The molecule has 0 aromatic rings. The van der Waals surface area contributed by atoms with Crippen molar-refractivity contribution in [1.29, 1.82) is 0 Å². The fourth-order valence-electron chi connectivity index (χ4n) is 0. The van der Waals surface area contributed by atoms with Crippen molar-refractivity contribution < 1.29 is 17.1 Å². The van der Waals surface area contributed by atoms with E-state index < -0.39 is 0 Å². The molecule has 4 N–H and O–H groups in total. The first-order valence-electron chi connectivity index (χ1n) is 2.83. The Balaban J connectivity index is -0.000000245. The van der Waals surface area contributed by atoms with Crippen molar-refractivity contribution in [2.24, 2.45) is 11.5 Å². The molecule has 66 valence electrons. The molecule has 4 heteroatoms. The zero-order valence-corrected chi connectivity index (χ0v) is 9.73. The second-order valence-electron chi connectivity index (χ2n) is 3.44. The van der Waals surface area contributed by atoms with Crippen LogP contribution in [0.3, 0.4) is 0 Å². The van der Waals surface area contributed by atoms with E-state index in [2.05, 4.69) is 0 Å². The van der Waals surface area contributed by atoms with Crippen LogP contribution < -0.4 is 11.5 Å². The van der Waals surface area contributed by atoms with E-state index in [0.29, 0.717) is 0 Å². The molecular formula is C6H17BrFeN2. The molecule has 0 aromatic carbocycles. The van der Waals surface area contributed by atoms with Crippen molar-refractivity contribution in [2.75, 3.05) is 0 Å². The molecule has 0 aliphatic rings. The van der Waals surface area contributed by atoms with Crippen LogP contribution >= 0.6 is 17.0 Å². The van der Waals surface area contributed by atoms with Crippen LogP contribution in [0.25, 0.3) is 0 Å². The largest absolute Gasteiger partial charge is 0.324 e. The zero-order chi connectivity index (χ0) is 7.00. The van der Waals surface area contributed by atoms with E-state index in [4.69, 9.17) is 11.5 Å². The third-order valence-corrected chi connectivity index (χ3v) is 1.66. The number of halogens is 1. The van der Waals surface area contributed by atoms with Gasteiger partial charge in [-0.2, -0.15) is 0 Å². The van der Waals surface area contributed by atoms with Gasteiger partial charge in [0, 0.05) is 28.1 Å². The summed E-state index contributed by atoms with van der Waals surface area (Å²) in [7, 11) is 0. The molecule has 0 saturated heterocycles.